The predicted octanol–water partition coefficient (Wildman–Crippen LogP) is 3.70. The number of hydrogen-bond acceptors (Lipinski definition) is 8. The Bertz CT molecular complexity index is 1320. The summed E-state index contributed by atoms with van der Waals surface area (Å²) in [4.78, 5) is 42.1. The number of imide groups is 1. The fourth-order valence-corrected chi connectivity index (χ4v) is 6.63. The van der Waals surface area contributed by atoms with E-state index in [4.69, 9.17) is 26.2 Å². The summed E-state index contributed by atoms with van der Waals surface area (Å²) in [7, 11) is 0. The van der Waals surface area contributed by atoms with Gasteiger partial charge in [0.2, 0.25) is 11.8 Å². The molecule has 1 aromatic carbocycles. The Labute approximate surface area is 223 Å². The number of benzene rings is 1. The number of halogens is 1. The van der Waals surface area contributed by atoms with E-state index in [1.54, 1.807) is 11.3 Å². The van der Waals surface area contributed by atoms with Gasteiger partial charge in [-0.05, 0) is 29.8 Å². The first-order valence-electron chi connectivity index (χ1n) is 12.2. The highest BCUT2D eigenvalue weighted by molar-refractivity contribution is 7.19. The molecule has 0 spiro atoms. The van der Waals surface area contributed by atoms with E-state index < -0.39 is 0 Å². The van der Waals surface area contributed by atoms with Crippen LogP contribution in [0.1, 0.15) is 35.7 Å². The average molecular weight is 543 g/mol. The number of carboxylic acid groups (broad SMARTS) is 1. The number of rotatable bonds is 4. The molecule has 37 heavy (non-hydrogen) atoms. The van der Waals surface area contributed by atoms with Gasteiger partial charge in [0.1, 0.15) is 5.75 Å². The van der Waals surface area contributed by atoms with Gasteiger partial charge in [-0.2, -0.15) is 0 Å². The maximum atomic E-state index is 12.1. The first-order valence-corrected chi connectivity index (χ1v) is 13.4. The van der Waals surface area contributed by atoms with E-state index in [2.05, 4.69) is 15.2 Å². The SMILES string of the molecule is O=C1CCC(=O)N1Cc1cc2nccc(-c3cc(Cl)cc4c3[C@@H](N3CCNCC3)CCO4)c2s1.O=CO. The van der Waals surface area contributed by atoms with E-state index in [1.807, 2.05) is 30.5 Å². The lowest BCUT2D eigenvalue weighted by Crippen LogP contribution is -2.46. The highest BCUT2D eigenvalue weighted by Gasteiger charge is 2.32. The van der Waals surface area contributed by atoms with Crippen molar-refractivity contribution in [1.82, 2.24) is 20.1 Å². The second-order valence-corrected chi connectivity index (χ2v) is 10.6. The van der Waals surface area contributed by atoms with Gasteiger partial charge in [0.25, 0.3) is 6.47 Å². The summed E-state index contributed by atoms with van der Waals surface area (Å²) in [5.41, 5.74) is 4.18. The molecule has 0 bridgehead atoms. The number of ether oxygens (including phenoxy) is 1. The summed E-state index contributed by atoms with van der Waals surface area (Å²) in [6, 6.07) is 8.25. The lowest BCUT2D eigenvalue weighted by Gasteiger charge is -2.39. The van der Waals surface area contributed by atoms with Crippen LogP contribution in [0, 0.1) is 0 Å². The quantitative estimate of drug-likeness (QED) is 0.379. The van der Waals surface area contributed by atoms with Gasteiger partial charge in [0, 0.05) is 78.7 Å². The number of thiophene rings is 1. The second-order valence-electron chi connectivity index (χ2n) is 9.07. The molecule has 6 rings (SSSR count). The zero-order chi connectivity index (χ0) is 25.9. The molecule has 2 fully saturated rings. The number of piperazine rings is 1. The molecule has 11 heteroatoms. The van der Waals surface area contributed by atoms with Gasteiger partial charge in [-0.25, -0.2) is 0 Å². The number of nitrogens with zero attached hydrogens (tertiary/aromatic N) is 3. The molecule has 0 radical (unpaired) electrons. The van der Waals surface area contributed by atoms with Crippen molar-refractivity contribution in [1.29, 1.82) is 0 Å². The molecule has 194 valence electrons. The van der Waals surface area contributed by atoms with Gasteiger partial charge in [0.15, 0.2) is 0 Å². The van der Waals surface area contributed by atoms with Crippen molar-refractivity contribution in [2.75, 3.05) is 32.8 Å². The lowest BCUT2D eigenvalue weighted by atomic mass is 9.90. The molecule has 2 N–H and O–H groups in total. The van der Waals surface area contributed by atoms with Crippen LogP contribution in [0.15, 0.2) is 30.5 Å². The number of carbonyl (C=O) groups is 3. The van der Waals surface area contributed by atoms with Crippen molar-refractivity contribution < 1.29 is 24.2 Å². The number of aromatic nitrogens is 1. The zero-order valence-electron chi connectivity index (χ0n) is 20.1. The molecule has 3 aliphatic rings. The maximum absolute atomic E-state index is 12.1. The van der Waals surface area contributed by atoms with Crippen molar-refractivity contribution in [3.8, 4) is 16.9 Å². The van der Waals surface area contributed by atoms with Crippen molar-refractivity contribution >= 4 is 51.4 Å². The third-order valence-corrected chi connectivity index (χ3v) is 8.26. The third-order valence-electron chi connectivity index (χ3n) is 6.90. The third kappa shape index (κ3) is 5.19. The Morgan fingerprint density at radius 3 is 2.62 bits per heavy atom. The molecule has 2 aromatic heterocycles. The summed E-state index contributed by atoms with van der Waals surface area (Å²) in [5, 5.41) is 11.0. The Balaban J connectivity index is 0.000000892. The maximum Gasteiger partial charge on any atom is 0.290 e. The van der Waals surface area contributed by atoms with Gasteiger partial charge in [-0.15, -0.1) is 11.3 Å². The summed E-state index contributed by atoms with van der Waals surface area (Å²) in [5.74, 6) is 0.651. The molecule has 1 atom stereocenters. The number of carbonyl (C=O) groups excluding carboxylic acids is 2. The molecular formula is C26H27ClN4O5S. The minimum atomic E-state index is -0.250. The Hall–Kier alpha value is -3.05. The van der Waals surface area contributed by atoms with Gasteiger partial charge in [0.05, 0.1) is 23.4 Å². The lowest BCUT2D eigenvalue weighted by molar-refractivity contribution is -0.139. The summed E-state index contributed by atoms with van der Waals surface area (Å²) in [6.45, 7) is 4.69. The van der Waals surface area contributed by atoms with Gasteiger partial charge >= 0.3 is 0 Å². The van der Waals surface area contributed by atoms with Crippen molar-refractivity contribution in [3.05, 3.63) is 45.9 Å². The highest BCUT2D eigenvalue weighted by atomic mass is 35.5. The average Bonchev–Trinajstić information content (AvgIpc) is 3.46. The van der Waals surface area contributed by atoms with Gasteiger partial charge in [-0.1, -0.05) is 11.6 Å². The highest BCUT2D eigenvalue weighted by Crippen LogP contribution is 2.46. The van der Waals surface area contributed by atoms with E-state index >= 15 is 0 Å². The number of fused-ring (bicyclic) bond motifs is 2. The predicted molar refractivity (Wildman–Crippen MR) is 141 cm³/mol. The molecule has 3 aliphatic heterocycles. The summed E-state index contributed by atoms with van der Waals surface area (Å²) >= 11 is 8.16. The fourth-order valence-electron chi connectivity index (χ4n) is 5.30. The Morgan fingerprint density at radius 2 is 1.89 bits per heavy atom. The molecule has 5 heterocycles. The Morgan fingerprint density at radius 1 is 1.16 bits per heavy atom. The number of nitrogens with one attached hydrogen (secondary N) is 1. The van der Waals surface area contributed by atoms with Crippen LogP contribution >= 0.6 is 22.9 Å². The molecule has 3 aromatic rings. The van der Waals surface area contributed by atoms with E-state index in [-0.39, 0.29) is 24.3 Å². The minimum Gasteiger partial charge on any atom is -0.493 e. The Kier molecular flexibility index (Phi) is 7.71. The van der Waals surface area contributed by atoms with Crippen molar-refractivity contribution in [2.45, 2.75) is 31.8 Å². The number of likely N-dealkylation sites (tertiary alicyclic amines) is 1. The van der Waals surface area contributed by atoms with Crippen LogP contribution in [-0.4, -0.2) is 71.0 Å². The standard InChI is InChI=1S/C25H25ClN4O3S.CH2O2/c26-15-11-18(24-20(4-10-33-21(24)12-15)29-8-6-27-7-9-29)17-3-5-28-19-13-16(34-25(17)19)14-30-22(31)1-2-23(30)32;2-1-3/h3,5,11-13,20,27H,1-2,4,6-10,14H2;1H,(H,2,3)/t20-;/m0./s1. The molecule has 2 saturated heterocycles. The normalized spacial score (nSPS) is 19.8. The number of pyridine rings is 1. The van der Waals surface area contributed by atoms with Crippen LogP contribution in [0.5, 0.6) is 5.75 Å². The minimum absolute atomic E-state index is 0.101. The first kappa shape index (κ1) is 25.6. The zero-order valence-corrected chi connectivity index (χ0v) is 21.7. The smallest absolute Gasteiger partial charge is 0.290 e. The van der Waals surface area contributed by atoms with Crippen LogP contribution in [0.2, 0.25) is 5.02 Å². The van der Waals surface area contributed by atoms with Crippen LogP contribution in [0.3, 0.4) is 0 Å². The second kappa shape index (κ2) is 11.1. The molecule has 0 aliphatic carbocycles. The van der Waals surface area contributed by atoms with Crippen LogP contribution in [0.25, 0.3) is 21.3 Å². The summed E-state index contributed by atoms with van der Waals surface area (Å²) < 4.78 is 7.13. The van der Waals surface area contributed by atoms with Gasteiger partial charge < -0.3 is 15.2 Å². The molecular weight excluding hydrogens is 516 g/mol. The molecule has 0 unspecified atom stereocenters. The molecule has 2 amide bonds. The molecule has 9 nitrogen and oxygen atoms in total. The largest absolute Gasteiger partial charge is 0.493 e. The molecule has 0 saturated carbocycles. The van der Waals surface area contributed by atoms with E-state index in [1.165, 1.54) is 10.5 Å². The topological polar surface area (TPSA) is 112 Å². The fraction of sp³-hybridized carbons (Fsp3) is 0.385. The number of hydrogen-bond donors (Lipinski definition) is 2. The van der Waals surface area contributed by atoms with Crippen LogP contribution < -0.4 is 10.1 Å². The van der Waals surface area contributed by atoms with E-state index in [0.29, 0.717) is 31.0 Å². The van der Waals surface area contributed by atoms with Gasteiger partial charge in [-0.3, -0.25) is 29.2 Å². The van der Waals surface area contributed by atoms with Crippen LogP contribution in [0.4, 0.5) is 0 Å². The number of amides is 2. The van der Waals surface area contributed by atoms with Crippen LogP contribution in [-0.2, 0) is 20.9 Å². The van der Waals surface area contributed by atoms with Crippen molar-refractivity contribution in [3.63, 3.8) is 0 Å². The van der Waals surface area contributed by atoms with E-state index in [0.717, 1.165) is 64.6 Å². The first-order chi connectivity index (χ1) is 18.0. The van der Waals surface area contributed by atoms with Crippen molar-refractivity contribution in [2.24, 2.45) is 0 Å². The summed E-state index contributed by atoms with van der Waals surface area (Å²) in [6.07, 6.45) is 3.35. The monoisotopic (exact) mass is 542 g/mol. The van der Waals surface area contributed by atoms with E-state index in [9.17, 15) is 9.59 Å².